The average molecular weight is 224 g/mol. The molecule has 0 saturated carbocycles. The first kappa shape index (κ1) is 11.0. The first-order valence-electron chi connectivity index (χ1n) is 5.36. The van der Waals surface area contributed by atoms with Gasteiger partial charge in [0.2, 0.25) is 0 Å². The fourth-order valence-electron chi connectivity index (χ4n) is 1.49. The van der Waals surface area contributed by atoms with E-state index in [-0.39, 0.29) is 6.29 Å². The van der Waals surface area contributed by atoms with Crippen LogP contribution in [0, 0.1) is 0 Å². The van der Waals surface area contributed by atoms with E-state index in [1.54, 1.807) is 0 Å². The maximum absolute atomic E-state index is 5.43. The summed E-state index contributed by atoms with van der Waals surface area (Å²) in [5, 5.41) is 0. The van der Waals surface area contributed by atoms with Crippen LogP contribution in [0.1, 0.15) is 25.2 Å². The lowest BCUT2D eigenvalue weighted by molar-refractivity contribution is -0.0441. The summed E-state index contributed by atoms with van der Waals surface area (Å²) >= 11 is 1.89. The molecule has 0 radical (unpaired) electrons. The van der Waals surface area contributed by atoms with Gasteiger partial charge in [-0.25, -0.2) is 0 Å². The first-order valence-corrected chi connectivity index (χ1v) is 6.34. The minimum atomic E-state index is -0.143. The van der Waals surface area contributed by atoms with E-state index in [1.807, 2.05) is 11.8 Å². The molecule has 1 saturated heterocycles. The molecule has 82 valence electrons. The van der Waals surface area contributed by atoms with E-state index in [9.17, 15) is 0 Å². The Morgan fingerprint density at radius 2 is 1.87 bits per heavy atom. The molecule has 0 N–H and O–H groups in total. The molecule has 0 amide bonds. The highest BCUT2D eigenvalue weighted by atomic mass is 32.2. The fourth-order valence-corrected chi connectivity index (χ4v) is 2.26. The fraction of sp³-hybridized carbons (Fsp3) is 0.500. The van der Waals surface area contributed by atoms with E-state index in [2.05, 4.69) is 31.2 Å². The number of rotatable bonds is 4. The molecule has 0 unspecified atom stereocenters. The molecule has 1 heterocycles. The zero-order valence-corrected chi connectivity index (χ0v) is 9.76. The molecule has 1 aromatic rings. The monoisotopic (exact) mass is 224 g/mol. The van der Waals surface area contributed by atoms with Crippen LogP contribution in [-0.4, -0.2) is 19.0 Å². The summed E-state index contributed by atoms with van der Waals surface area (Å²) in [7, 11) is 0. The van der Waals surface area contributed by atoms with Crippen LogP contribution in [0.2, 0.25) is 0 Å². The molecular weight excluding hydrogens is 208 g/mol. The van der Waals surface area contributed by atoms with E-state index < -0.39 is 0 Å². The highest BCUT2D eigenvalue weighted by Gasteiger charge is 2.17. The van der Waals surface area contributed by atoms with Crippen molar-refractivity contribution in [3.8, 4) is 0 Å². The molecule has 2 rings (SSSR count). The summed E-state index contributed by atoms with van der Waals surface area (Å²) in [6.45, 7) is 3.61. The molecule has 1 aliphatic heterocycles. The zero-order chi connectivity index (χ0) is 10.5. The van der Waals surface area contributed by atoms with Gasteiger partial charge in [-0.2, -0.15) is 0 Å². The van der Waals surface area contributed by atoms with Crippen molar-refractivity contribution >= 4 is 11.8 Å². The van der Waals surface area contributed by atoms with E-state index in [0.717, 1.165) is 5.56 Å². The number of thioether (sulfide) groups is 1. The van der Waals surface area contributed by atoms with Gasteiger partial charge < -0.3 is 9.47 Å². The van der Waals surface area contributed by atoms with Gasteiger partial charge in [0, 0.05) is 10.5 Å². The SMILES string of the molecule is CCCSc1ccc(C2OCCO2)cc1. The smallest absolute Gasteiger partial charge is 0.184 e. The van der Waals surface area contributed by atoms with Gasteiger partial charge in [0.15, 0.2) is 6.29 Å². The van der Waals surface area contributed by atoms with Gasteiger partial charge in [0.25, 0.3) is 0 Å². The lowest BCUT2D eigenvalue weighted by Crippen LogP contribution is -1.97. The van der Waals surface area contributed by atoms with Gasteiger partial charge in [0.1, 0.15) is 0 Å². The molecule has 15 heavy (non-hydrogen) atoms. The predicted octanol–water partition coefficient (Wildman–Crippen LogP) is 3.23. The summed E-state index contributed by atoms with van der Waals surface area (Å²) in [6.07, 6.45) is 1.07. The Balaban J connectivity index is 1.96. The predicted molar refractivity (Wildman–Crippen MR) is 62.1 cm³/mol. The van der Waals surface area contributed by atoms with Crippen LogP contribution in [0.15, 0.2) is 29.2 Å². The summed E-state index contributed by atoms with van der Waals surface area (Å²) in [4.78, 5) is 1.32. The molecule has 1 fully saturated rings. The van der Waals surface area contributed by atoms with Crippen LogP contribution in [0.4, 0.5) is 0 Å². The van der Waals surface area contributed by atoms with Crippen LogP contribution < -0.4 is 0 Å². The molecular formula is C12H16O2S. The minimum absolute atomic E-state index is 0.143. The van der Waals surface area contributed by atoms with E-state index in [4.69, 9.17) is 9.47 Å². The Bertz CT molecular complexity index is 291. The third kappa shape index (κ3) is 2.97. The molecule has 2 nitrogen and oxygen atoms in total. The van der Waals surface area contributed by atoms with Gasteiger partial charge >= 0.3 is 0 Å². The summed E-state index contributed by atoms with van der Waals surface area (Å²) < 4.78 is 10.9. The quantitative estimate of drug-likeness (QED) is 0.731. The van der Waals surface area contributed by atoms with E-state index in [0.29, 0.717) is 13.2 Å². The van der Waals surface area contributed by atoms with Crippen molar-refractivity contribution in [3.05, 3.63) is 29.8 Å². The van der Waals surface area contributed by atoms with Crippen molar-refractivity contribution in [2.75, 3.05) is 19.0 Å². The lowest BCUT2D eigenvalue weighted by atomic mass is 10.2. The van der Waals surface area contributed by atoms with Crippen LogP contribution in [0.25, 0.3) is 0 Å². The number of hydrogen-bond acceptors (Lipinski definition) is 3. The summed E-state index contributed by atoms with van der Waals surface area (Å²) in [6, 6.07) is 8.46. The number of hydrogen-bond donors (Lipinski definition) is 0. The zero-order valence-electron chi connectivity index (χ0n) is 8.94. The Morgan fingerprint density at radius 3 is 2.47 bits per heavy atom. The largest absolute Gasteiger partial charge is 0.346 e. The molecule has 1 aliphatic rings. The highest BCUT2D eigenvalue weighted by molar-refractivity contribution is 7.99. The maximum Gasteiger partial charge on any atom is 0.184 e. The second kappa shape index (κ2) is 5.54. The van der Waals surface area contributed by atoms with Crippen molar-refractivity contribution in [3.63, 3.8) is 0 Å². The van der Waals surface area contributed by atoms with Crippen LogP contribution >= 0.6 is 11.8 Å². The molecule has 3 heteroatoms. The van der Waals surface area contributed by atoms with Crippen LogP contribution in [-0.2, 0) is 9.47 Å². The van der Waals surface area contributed by atoms with Crippen LogP contribution in [0.5, 0.6) is 0 Å². The van der Waals surface area contributed by atoms with Gasteiger partial charge in [-0.15, -0.1) is 11.8 Å². The van der Waals surface area contributed by atoms with Gasteiger partial charge in [-0.1, -0.05) is 19.1 Å². The van der Waals surface area contributed by atoms with Gasteiger partial charge in [-0.3, -0.25) is 0 Å². The molecule has 0 aliphatic carbocycles. The normalized spacial score (nSPS) is 17.1. The Morgan fingerprint density at radius 1 is 1.20 bits per heavy atom. The van der Waals surface area contributed by atoms with Crippen molar-refractivity contribution in [1.29, 1.82) is 0 Å². The molecule has 0 spiro atoms. The lowest BCUT2D eigenvalue weighted by Gasteiger charge is -2.09. The van der Waals surface area contributed by atoms with Crippen LogP contribution in [0.3, 0.4) is 0 Å². The summed E-state index contributed by atoms with van der Waals surface area (Å²) in [5.41, 5.74) is 1.12. The molecule has 0 bridgehead atoms. The number of benzene rings is 1. The van der Waals surface area contributed by atoms with Crippen molar-refractivity contribution in [1.82, 2.24) is 0 Å². The third-order valence-electron chi connectivity index (χ3n) is 2.25. The Kier molecular flexibility index (Phi) is 4.06. The molecule has 1 aromatic carbocycles. The van der Waals surface area contributed by atoms with Gasteiger partial charge in [-0.05, 0) is 24.3 Å². The average Bonchev–Trinajstić information content (AvgIpc) is 2.80. The molecule has 0 aromatic heterocycles. The second-order valence-corrected chi connectivity index (χ2v) is 4.66. The van der Waals surface area contributed by atoms with Crippen molar-refractivity contribution in [2.45, 2.75) is 24.5 Å². The standard InChI is InChI=1S/C12H16O2S/c1-2-9-15-11-5-3-10(4-6-11)12-13-7-8-14-12/h3-6,12H,2,7-9H2,1H3. The third-order valence-corrected chi connectivity index (χ3v) is 3.46. The van der Waals surface area contributed by atoms with Crippen molar-refractivity contribution < 1.29 is 9.47 Å². The maximum atomic E-state index is 5.43. The number of ether oxygens (including phenoxy) is 2. The molecule has 0 atom stereocenters. The van der Waals surface area contributed by atoms with Crippen molar-refractivity contribution in [2.24, 2.45) is 0 Å². The van der Waals surface area contributed by atoms with E-state index >= 15 is 0 Å². The van der Waals surface area contributed by atoms with Gasteiger partial charge in [0.05, 0.1) is 13.2 Å². The summed E-state index contributed by atoms with van der Waals surface area (Å²) in [5.74, 6) is 1.18. The minimum Gasteiger partial charge on any atom is -0.346 e. The Labute approximate surface area is 95.0 Å². The highest BCUT2D eigenvalue weighted by Crippen LogP contribution is 2.26. The van der Waals surface area contributed by atoms with E-state index in [1.165, 1.54) is 17.1 Å². The second-order valence-electron chi connectivity index (χ2n) is 3.49. The Hall–Kier alpha value is -0.510. The topological polar surface area (TPSA) is 18.5 Å². The first-order chi connectivity index (χ1) is 7.40.